The van der Waals surface area contributed by atoms with Crippen molar-refractivity contribution >= 4 is 15.9 Å². The summed E-state index contributed by atoms with van der Waals surface area (Å²) in [5.74, 6) is 0. The van der Waals surface area contributed by atoms with Gasteiger partial charge in [0.25, 0.3) is 0 Å². The van der Waals surface area contributed by atoms with E-state index in [1.165, 1.54) is 0 Å². The van der Waals surface area contributed by atoms with Gasteiger partial charge in [-0.1, -0.05) is 15.9 Å². The fraction of sp³-hybridized carbons (Fsp3) is 1.00. The van der Waals surface area contributed by atoms with Gasteiger partial charge < -0.3 is 18.9 Å². The lowest BCUT2D eigenvalue weighted by atomic mass is 10.7. The van der Waals surface area contributed by atoms with Gasteiger partial charge in [0, 0.05) is 12.4 Å². The van der Waals surface area contributed by atoms with Crippen molar-refractivity contribution in [2.75, 3.05) is 58.7 Å². The molecule has 0 aromatic rings. The predicted octanol–water partition coefficient (Wildman–Crippen LogP) is 1.08. The molecule has 0 bridgehead atoms. The minimum atomic E-state index is 0.612. The van der Waals surface area contributed by atoms with Crippen molar-refractivity contribution in [3.05, 3.63) is 0 Å². The zero-order valence-corrected chi connectivity index (χ0v) is 10.3. The molecule has 0 aliphatic heterocycles. The lowest BCUT2D eigenvalue weighted by Crippen LogP contribution is -2.11. The van der Waals surface area contributed by atoms with Crippen molar-refractivity contribution in [2.45, 2.75) is 0 Å². The Labute approximate surface area is 94.0 Å². The van der Waals surface area contributed by atoms with Crippen LogP contribution in [0.15, 0.2) is 0 Å². The summed E-state index contributed by atoms with van der Waals surface area (Å²) in [4.78, 5) is 0. The highest BCUT2D eigenvalue weighted by molar-refractivity contribution is 9.09. The number of halogens is 1. The van der Waals surface area contributed by atoms with E-state index in [9.17, 15) is 0 Å². The molecule has 0 fully saturated rings. The number of methoxy groups -OCH3 is 1. The highest BCUT2D eigenvalue weighted by Gasteiger charge is 1.90. The van der Waals surface area contributed by atoms with Crippen molar-refractivity contribution < 1.29 is 18.9 Å². The van der Waals surface area contributed by atoms with Crippen LogP contribution in [0, 0.1) is 0 Å². The maximum atomic E-state index is 5.25. The van der Waals surface area contributed by atoms with Gasteiger partial charge in [0.05, 0.1) is 46.2 Å². The van der Waals surface area contributed by atoms with Gasteiger partial charge in [-0.2, -0.15) is 0 Å². The van der Waals surface area contributed by atoms with Gasteiger partial charge in [-0.3, -0.25) is 0 Å². The summed E-state index contributed by atoms with van der Waals surface area (Å²) in [6.07, 6.45) is 0. The van der Waals surface area contributed by atoms with Crippen LogP contribution in [0.4, 0.5) is 0 Å². The predicted molar refractivity (Wildman–Crippen MR) is 58.1 cm³/mol. The topological polar surface area (TPSA) is 36.9 Å². The van der Waals surface area contributed by atoms with Crippen molar-refractivity contribution in [2.24, 2.45) is 0 Å². The average Bonchev–Trinajstić information content (AvgIpc) is 2.21. The van der Waals surface area contributed by atoms with Crippen LogP contribution >= 0.6 is 15.9 Å². The Hall–Kier alpha value is 0.320. The van der Waals surface area contributed by atoms with Crippen molar-refractivity contribution in [1.29, 1.82) is 0 Å². The van der Waals surface area contributed by atoms with Crippen LogP contribution in [-0.4, -0.2) is 58.7 Å². The van der Waals surface area contributed by atoms with E-state index >= 15 is 0 Å². The SMILES string of the molecule is COCCOCCOCCOCCBr. The molecule has 0 amide bonds. The molecule has 0 rings (SSSR count). The fourth-order valence-corrected chi connectivity index (χ4v) is 0.968. The molecule has 0 atom stereocenters. The summed E-state index contributed by atoms with van der Waals surface area (Å²) in [5.41, 5.74) is 0. The van der Waals surface area contributed by atoms with Gasteiger partial charge in [0.15, 0.2) is 0 Å². The zero-order valence-electron chi connectivity index (χ0n) is 8.67. The largest absolute Gasteiger partial charge is 0.382 e. The maximum absolute atomic E-state index is 5.25. The lowest BCUT2D eigenvalue weighted by Gasteiger charge is -2.05. The molecule has 86 valence electrons. The first kappa shape index (κ1) is 14.3. The second-order valence-electron chi connectivity index (χ2n) is 2.52. The Bertz CT molecular complexity index is 90.8. The van der Waals surface area contributed by atoms with Crippen molar-refractivity contribution in [1.82, 2.24) is 0 Å². The van der Waals surface area contributed by atoms with Crippen LogP contribution in [0.2, 0.25) is 0 Å². The van der Waals surface area contributed by atoms with Crippen LogP contribution in [0.25, 0.3) is 0 Å². The van der Waals surface area contributed by atoms with Gasteiger partial charge in [-0.05, 0) is 0 Å². The summed E-state index contributed by atoms with van der Waals surface area (Å²) in [6.45, 7) is 4.48. The normalized spacial score (nSPS) is 10.7. The number of ether oxygens (including phenoxy) is 4. The number of rotatable bonds is 11. The minimum absolute atomic E-state index is 0.612. The summed E-state index contributed by atoms with van der Waals surface area (Å²) in [6, 6.07) is 0. The third-order valence-corrected chi connectivity index (χ3v) is 1.72. The molecular weight excluding hydrogens is 252 g/mol. The van der Waals surface area contributed by atoms with E-state index < -0.39 is 0 Å². The number of alkyl halides is 1. The highest BCUT2D eigenvalue weighted by Crippen LogP contribution is 1.84. The molecule has 0 saturated heterocycles. The van der Waals surface area contributed by atoms with Crippen LogP contribution in [0.3, 0.4) is 0 Å². The molecular formula is C9H19BrO4. The van der Waals surface area contributed by atoms with Crippen LogP contribution in [-0.2, 0) is 18.9 Å². The molecule has 0 saturated carbocycles. The first-order chi connectivity index (χ1) is 6.91. The Kier molecular flexibility index (Phi) is 13.6. The monoisotopic (exact) mass is 270 g/mol. The maximum Gasteiger partial charge on any atom is 0.0701 e. The third-order valence-electron chi connectivity index (χ3n) is 1.40. The summed E-state index contributed by atoms with van der Waals surface area (Å²) >= 11 is 3.27. The summed E-state index contributed by atoms with van der Waals surface area (Å²) < 4.78 is 20.5. The first-order valence-electron chi connectivity index (χ1n) is 4.70. The summed E-state index contributed by atoms with van der Waals surface area (Å²) in [5, 5.41) is 0.868. The average molecular weight is 271 g/mol. The Morgan fingerprint density at radius 2 is 1.14 bits per heavy atom. The van der Waals surface area contributed by atoms with Gasteiger partial charge in [0.1, 0.15) is 0 Å². The van der Waals surface area contributed by atoms with Crippen molar-refractivity contribution in [3.8, 4) is 0 Å². The number of hydrogen-bond acceptors (Lipinski definition) is 4. The van der Waals surface area contributed by atoms with Gasteiger partial charge in [-0.15, -0.1) is 0 Å². The van der Waals surface area contributed by atoms with Crippen molar-refractivity contribution in [3.63, 3.8) is 0 Å². The Morgan fingerprint density at radius 3 is 1.57 bits per heavy atom. The number of hydrogen-bond donors (Lipinski definition) is 0. The van der Waals surface area contributed by atoms with E-state index in [2.05, 4.69) is 15.9 Å². The van der Waals surface area contributed by atoms with E-state index in [1.807, 2.05) is 0 Å². The van der Waals surface area contributed by atoms with Gasteiger partial charge in [0.2, 0.25) is 0 Å². The quantitative estimate of drug-likeness (QED) is 0.416. The molecule has 0 aromatic heterocycles. The molecule has 14 heavy (non-hydrogen) atoms. The lowest BCUT2D eigenvalue weighted by molar-refractivity contribution is 0.00572. The third kappa shape index (κ3) is 12.3. The second kappa shape index (κ2) is 13.3. The Balaban J connectivity index is 2.78. The van der Waals surface area contributed by atoms with Gasteiger partial charge in [-0.25, -0.2) is 0 Å². The zero-order chi connectivity index (χ0) is 10.5. The Morgan fingerprint density at radius 1 is 0.714 bits per heavy atom. The van der Waals surface area contributed by atoms with Crippen LogP contribution < -0.4 is 0 Å². The molecule has 0 spiro atoms. The minimum Gasteiger partial charge on any atom is -0.382 e. The molecule has 0 radical (unpaired) electrons. The summed E-state index contributed by atoms with van der Waals surface area (Å²) in [7, 11) is 1.65. The first-order valence-corrected chi connectivity index (χ1v) is 5.82. The van der Waals surface area contributed by atoms with Crippen LogP contribution in [0.1, 0.15) is 0 Å². The van der Waals surface area contributed by atoms with E-state index in [0.29, 0.717) is 39.6 Å². The highest BCUT2D eigenvalue weighted by atomic mass is 79.9. The second-order valence-corrected chi connectivity index (χ2v) is 3.31. The van der Waals surface area contributed by atoms with Gasteiger partial charge >= 0.3 is 0 Å². The van der Waals surface area contributed by atoms with E-state index in [4.69, 9.17) is 18.9 Å². The molecule has 0 aromatic carbocycles. The molecule has 0 unspecified atom stereocenters. The molecule has 5 heteroatoms. The molecule has 0 aliphatic rings. The smallest absolute Gasteiger partial charge is 0.0701 e. The standard InChI is InChI=1S/C9H19BrO4/c1-11-4-5-13-8-9-14-7-6-12-3-2-10/h2-9H2,1H3. The molecule has 0 heterocycles. The molecule has 0 N–H and O–H groups in total. The molecule has 0 aliphatic carbocycles. The van der Waals surface area contributed by atoms with E-state index in [0.717, 1.165) is 11.9 Å². The van der Waals surface area contributed by atoms with Crippen LogP contribution in [0.5, 0.6) is 0 Å². The van der Waals surface area contributed by atoms with E-state index in [-0.39, 0.29) is 0 Å². The fourth-order valence-electron chi connectivity index (χ4n) is 0.739. The van der Waals surface area contributed by atoms with E-state index in [1.54, 1.807) is 7.11 Å². The molecule has 4 nitrogen and oxygen atoms in total.